The third kappa shape index (κ3) is 4.51. The number of carbonyl (C=O) groups is 1. The van der Waals surface area contributed by atoms with Gasteiger partial charge in [-0.25, -0.2) is 4.39 Å². The van der Waals surface area contributed by atoms with Crippen LogP contribution in [0.3, 0.4) is 0 Å². The van der Waals surface area contributed by atoms with E-state index in [0.29, 0.717) is 28.6 Å². The Kier molecular flexibility index (Phi) is 5.50. The molecule has 1 aromatic heterocycles. The van der Waals surface area contributed by atoms with Crippen molar-refractivity contribution in [3.05, 3.63) is 48.3 Å². The standard InChI is InChI=1S/C18H17FN4O4/c1-25-13-7-8-14(15(9-13)26-2)17-21-18(23-22-17)20-16(24)10-27-12-5-3-11(19)4-6-12/h3-9H,10H2,1-2H3,(H2,20,21,22,23,24). The van der Waals surface area contributed by atoms with E-state index in [2.05, 4.69) is 20.5 Å². The number of amides is 1. The molecule has 0 aliphatic rings. The molecule has 0 aliphatic carbocycles. The molecule has 0 unspecified atom stereocenters. The zero-order valence-electron chi connectivity index (χ0n) is 14.7. The number of ether oxygens (including phenoxy) is 3. The summed E-state index contributed by atoms with van der Waals surface area (Å²) in [7, 11) is 3.09. The van der Waals surface area contributed by atoms with E-state index in [-0.39, 0.29) is 18.4 Å². The zero-order chi connectivity index (χ0) is 19.2. The summed E-state index contributed by atoms with van der Waals surface area (Å²) in [6.45, 7) is -0.263. The number of nitrogens with one attached hydrogen (secondary N) is 2. The van der Waals surface area contributed by atoms with Crippen LogP contribution >= 0.6 is 0 Å². The van der Waals surface area contributed by atoms with E-state index in [1.165, 1.54) is 31.4 Å². The molecule has 3 rings (SSSR count). The quantitative estimate of drug-likeness (QED) is 0.662. The molecule has 0 fully saturated rings. The van der Waals surface area contributed by atoms with Crippen molar-refractivity contribution in [3.63, 3.8) is 0 Å². The van der Waals surface area contributed by atoms with Crippen molar-refractivity contribution < 1.29 is 23.4 Å². The van der Waals surface area contributed by atoms with Gasteiger partial charge in [-0.3, -0.25) is 15.2 Å². The summed E-state index contributed by atoms with van der Waals surface area (Å²) in [4.78, 5) is 16.2. The van der Waals surface area contributed by atoms with Gasteiger partial charge in [0.1, 0.15) is 23.1 Å². The Morgan fingerprint density at radius 1 is 1.11 bits per heavy atom. The Morgan fingerprint density at radius 2 is 1.85 bits per heavy atom. The monoisotopic (exact) mass is 372 g/mol. The number of halogens is 1. The number of aromatic amines is 1. The maximum Gasteiger partial charge on any atom is 0.264 e. The van der Waals surface area contributed by atoms with Gasteiger partial charge < -0.3 is 14.2 Å². The van der Waals surface area contributed by atoms with Gasteiger partial charge in [-0.2, -0.15) is 4.98 Å². The molecule has 0 saturated heterocycles. The van der Waals surface area contributed by atoms with E-state index in [1.807, 2.05) is 0 Å². The Morgan fingerprint density at radius 3 is 2.56 bits per heavy atom. The van der Waals surface area contributed by atoms with Crippen LogP contribution < -0.4 is 19.5 Å². The average Bonchev–Trinajstić information content (AvgIpc) is 3.15. The van der Waals surface area contributed by atoms with Gasteiger partial charge in [0.25, 0.3) is 5.91 Å². The smallest absolute Gasteiger partial charge is 0.264 e. The second-order valence-electron chi connectivity index (χ2n) is 5.36. The lowest BCUT2D eigenvalue weighted by Gasteiger charge is -2.07. The molecule has 140 valence electrons. The third-order valence-electron chi connectivity index (χ3n) is 3.58. The fraction of sp³-hybridized carbons (Fsp3) is 0.167. The number of anilines is 1. The van der Waals surface area contributed by atoms with Gasteiger partial charge in [-0.05, 0) is 36.4 Å². The van der Waals surface area contributed by atoms with E-state index >= 15 is 0 Å². The van der Waals surface area contributed by atoms with Crippen LogP contribution in [0.1, 0.15) is 0 Å². The van der Waals surface area contributed by atoms with Gasteiger partial charge in [-0.15, -0.1) is 5.10 Å². The van der Waals surface area contributed by atoms with Crippen LogP contribution in [0.15, 0.2) is 42.5 Å². The molecule has 2 N–H and O–H groups in total. The molecule has 1 heterocycles. The first-order valence-electron chi connectivity index (χ1n) is 7.92. The number of hydrogen-bond acceptors (Lipinski definition) is 6. The van der Waals surface area contributed by atoms with Crippen molar-refractivity contribution in [3.8, 4) is 28.6 Å². The van der Waals surface area contributed by atoms with Crippen molar-refractivity contribution in [2.24, 2.45) is 0 Å². The van der Waals surface area contributed by atoms with Crippen molar-refractivity contribution in [1.29, 1.82) is 0 Å². The summed E-state index contributed by atoms with van der Waals surface area (Å²) >= 11 is 0. The lowest BCUT2D eigenvalue weighted by Crippen LogP contribution is -2.20. The summed E-state index contributed by atoms with van der Waals surface area (Å²) in [6.07, 6.45) is 0. The number of H-pyrrole nitrogens is 1. The first-order valence-corrected chi connectivity index (χ1v) is 7.92. The highest BCUT2D eigenvalue weighted by atomic mass is 19.1. The molecule has 3 aromatic rings. The maximum atomic E-state index is 12.8. The van der Waals surface area contributed by atoms with E-state index in [0.717, 1.165) is 0 Å². The molecule has 0 bridgehead atoms. The number of aromatic nitrogens is 3. The molecule has 27 heavy (non-hydrogen) atoms. The normalized spacial score (nSPS) is 10.3. The maximum absolute atomic E-state index is 12.8. The van der Waals surface area contributed by atoms with Crippen LogP contribution in [-0.2, 0) is 4.79 Å². The molecule has 0 radical (unpaired) electrons. The highest BCUT2D eigenvalue weighted by molar-refractivity contribution is 5.90. The largest absolute Gasteiger partial charge is 0.497 e. The summed E-state index contributed by atoms with van der Waals surface area (Å²) in [6, 6.07) is 10.6. The molecule has 2 aromatic carbocycles. The second-order valence-corrected chi connectivity index (χ2v) is 5.36. The van der Waals surface area contributed by atoms with Gasteiger partial charge in [0.2, 0.25) is 5.95 Å². The highest BCUT2D eigenvalue weighted by Crippen LogP contribution is 2.31. The average molecular weight is 372 g/mol. The molecule has 1 amide bonds. The minimum absolute atomic E-state index is 0.0931. The SMILES string of the molecule is COc1ccc(-c2nc(NC(=O)COc3ccc(F)cc3)n[nH]2)c(OC)c1. The van der Waals surface area contributed by atoms with E-state index < -0.39 is 5.91 Å². The van der Waals surface area contributed by atoms with Crippen LogP contribution in [0.2, 0.25) is 0 Å². The molecule has 9 heteroatoms. The summed E-state index contributed by atoms with van der Waals surface area (Å²) in [5, 5.41) is 9.21. The van der Waals surface area contributed by atoms with Crippen molar-refractivity contribution in [2.75, 3.05) is 26.1 Å². The van der Waals surface area contributed by atoms with Crippen LogP contribution in [0.4, 0.5) is 10.3 Å². The molecule has 8 nitrogen and oxygen atoms in total. The zero-order valence-corrected chi connectivity index (χ0v) is 14.7. The second kappa shape index (κ2) is 8.17. The van der Waals surface area contributed by atoms with E-state index in [1.54, 1.807) is 25.3 Å². The molecular weight excluding hydrogens is 355 g/mol. The number of benzene rings is 2. The third-order valence-corrected chi connectivity index (χ3v) is 3.58. The topological polar surface area (TPSA) is 98.4 Å². The van der Waals surface area contributed by atoms with Crippen LogP contribution in [-0.4, -0.2) is 41.9 Å². The number of carbonyl (C=O) groups excluding carboxylic acids is 1. The minimum atomic E-state index is -0.452. The van der Waals surface area contributed by atoms with Crippen LogP contribution in [0.5, 0.6) is 17.2 Å². The number of hydrogen-bond donors (Lipinski definition) is 2. The van der Waals surface area contributed by atoms with Crippen LogP contribution in [0.25, 0.3) is 11.4 Å². The molecule has 0 spiro atoms. The van der Waals surface area contributed by atoms with Crippen molar-refractivity contribution >= 4 is 11.9 Å². The highest BCUT2D eigenvalue weighted by Gasteiger charge is 2.14. The van der Waals surface area contributed by atoms with Gasteiger partial charge in [-0.1, -0.05) is 0 Å². The van der Waals surface area contributed by atoms with Gasteiger partial charge in [0, 0.05) is 6.07 Å². The number of rotatable bonds is 7. The number of nitrogens with zero attached hydrogens (tertiary/aromatic N) is 2. The summed E-state index contributed by atoms with van der Waals surface area (Å²) in [5.74, 6) is 1.25. The van der Waals surface area contributed by atoms with Gasteiger partial charge >= 0.3 is 0 Å². The summed E-state index contributed by atoms with van der Waals surface area (Å²) in [5.41, 5.74) is 0.661. The first kappa shape index (κ1) is 18.2. The fourth-order valence-corrected chi connectivity index (χ4v) is 2.27. The lowest BCUT2D eigenvalue weighted by molar-refractivity contribution is -0.118. The number of methoxy groups -OCH3 is 2. The Bertz CT molecular complexity index is 927. The fourth-order valence-electron chi connectivity index (χ4n) is 2.27. The Hall–Kier alpha value is -3.62. The van der Waals surface area contributed by atoms with E-state index in [9.17, 15) is 9.18 Å². The predicted molar refractivity (Wildman–Crippen MR) is 95.4 cm³/mol. The molecular formula is C18H17FN4O4. The molecule has 0 aliphatic heterocycles. The lowest BCUT2D eigenvalue weighted by atomic mass is 10.2. The molecule has 0 atom stereocenters. The Labute approximate surface area is 154 Å². The van der Waals surface area contributed by atoms with Crippen molar-refractivity contribution in [1.82, 2.24) is 15.2 Å². The first-order chi connectivity index (χ1) is 13.1. The van der Waals surface area contributed by atoms with Gasteiger partial charge in [0.15, 0.2) is 12.4 Å². The molecule has 0 saturated carbocycles. The summed E-state index contributed by atoms with van der Waals surface area (Å²) < 4.78 is 28.6. The van der Waals surface area contributed by atoms with Crippen molar-refractivity contribution in [2.45, 2.75) is 0 Å². The van der Waals surface area contributed by atoms with E-state index in [4.69, 9.17) is 14.2 Å². The predicted octanol–water partition coefficient (Wildman–Crippen LogP) is 2.65. The minimum Gasteiger partial charge on any atom is -0.497 e. The van der Waals surface area contributed by atoms with Gasteiger partial charge in [0.05, 0.1) is 19.8 Å². The Balaban J connectivity index is 1.63. The van der Waals surface area contributed by atoms with Crippen LogP contribution in [0, 0.1) is 5.82 Å².